The molecule has 0 saturated heterocycles. The molecule has 0 fully saturated rings. The largest absolute Gasteiger partial charge is 0.462 e. The van der Waals surface area contributed by atoms with Crippen LogP contribution in [-0.4, -0.2) is 18.4 Å². The van der Waals surface area contributed by atoms with Crippen LogP contribution in [0.2, 0.25) is 5.02 Å². The third kappa shape index (κ3) is 3.81. The zero-order chi connectivity index (χ0) is 19.8. The van der Waals surface area contributed by atoms with Crippen LogP contribution < -0.4 is 5.32 Å². The summed E-state index contributed by atoms with van der Waals surface area (Å²) in [6, 6.07) is 7.40. The molecular weight excluding hydrogens is 362 g/mol. The molecule has 0 spiro atoms. The van der Waals surface area contributed by atoms with Crippen LogP contribution in [-0.2, 0) is 14.3 Å². The normalized spacial score (nSPS) is 21.7. The molecule has 1 aliphatic heterocycles. The molecular formula is C22H26ClNO3. The monoisotopic (exact) mass is 387 g/mol. The first-order valence-corrected chi connectivity index (χ1v) is 9.78. The molecule has 1 aliphatic carbocycles. The van der Waals surface area contributed by atoms with Crippen LogP contribution in [0.1, 0.15) is 58.4 Å². The number of hydrogen-bond donors (Lipinski definition) is 1. The number of benzene rings is 1. The maximum Gasteiger partial charge on any atom is 0.336 e. The van der Waals surface area contributed by atoms with E-state index in [0.717, 1.165) is 29.8 Å². The summed E-state index contributed by atoms with van der Waals surface area (Å²) in [6.07, 6.45) is 1.94. The summed E-state index contributed by atoms with van der Waals surface area (Å²) in [7, 11) is 0. The molecule has 0 amide bonds. The highest BCUT2D eigenvalue weighted by molar-refractivity contribution is 6.31. The maximum atomic E-state index is 13.1. The maximum absolute atomic E-state index is 13.1. The van der Waals surface area contributed by atoms with Crippen molar-refractivity contribution < 1.29 is 14.3 Å². The Morgan fingerprint density at radius 3 is 2.67 bits per heavy atom. The van der Waals surface area contributed by atoms with Gasteiger partial charge in [0.1, 0.15) is 0 Å². The summed E-state index contributed by atoms with van der Waals surface area (Å²) in [4.78, 5) is 26.0. The highest BCUT2D eigenvalue weighted by atomic mass is 35.5. The molecule has 3 rings (SSSR count). The summed E-state index contributed by atoms with van der Waals surface area (Å²) >= 11 is 6.49. The number of allylic oxidation sites excluding steroid dienone is 3. The van der Waals surface area contributed by atoms with E-state index >= 15 is 0 Å². The smallest absolute Gasteiger partial charge is 0.336 e. The van der Waals surface area contributed by atoms with E-state index in [2.05, 4.69) is 19.2 Å². The predicted octanol–water partition coefficient (Wildman–Crippen LogP) is 4.90. The van der Waals surface area contributed by atoms with Crippen molar-refractivity contribution in [1.29, 1.82) is 0 Å². The fraction of sp³-hybridized carbons (Fsp3) is 0.455. The van der Waals surface area contributed by atoms with E-state index in [9.17, 15) is 9.59 Å². The average molecular weight is 388 g/mol. The van der Waals surface area contributed by atoms with Gasteiger partial charge in [0.05, 0.1) is 12.2 Å². The van der Waals surface area contributed by atoms with Crippen LogP contribution in [0.15, 0.2) is 46.8 Å². The van der Waals surface area contributed by atoms with E-state index < -0.39 is 11.9 Å². The lowest BCUT2D eigenvalue weighted by Gasteiger charge is -2.39. The van der Waals surface area contributed by atoms with Crippen LogP contribution in [0.3, 0.4) is 0 Å². The predicted molar refractivity (Wildman–Crippen MR) is 106 cm³/mol. The first-order valence-electron chi connectivity index (χ1n) is 9.40. The van der Waals surface area contributed by atoms with Gasteiger partial charge in [0, 0.05) is 34.3 Å². The Hall–Kier alpha value is -2.07. The molecule has 27 heavy (non-hydrogen) atoms. The van der Waals surface area contributed by atoms with Gasteiger partial charge in [-0.1, -0.05) is 50.6 Å². The first-order chi connectivity index (χ1) is 12.7. The Morgan fingerprint density at radius 1 is 1.30 bits per heavy atom. The molecule has 1 aromatic carbocycles. The molecule has 2 aliphatic rings. The average Bonchev–Trinajstić information content (AvgIpc) is 2.57. The van der Waals surface area contributed by atoms with Gasteiger partial charge in [-0.15, -0.1) is 0 Å². The van der Waals surface area contributed by atoms with Crippen molar-refractivity contribution in [3.8, 4) is 0 Å². The molecule has 0 radical (unpaired) electrons. The summed E-state index contributed by atoms with van der Waals surface area (Å²) in [5, 5.41) is 3.87. The highest BCUT2D eigenvalue weighted by Crippen LogP contribution is 2.47. The quantitative estimate of drug-likeness (QED) is 0.747. The Labute approximate surface area is 165 Å². The number of Topliss-reactive ketones (excluding diaryl/α,β-unsaturated/α-hetero) is 1. The summed E-state index contributed by atoms with van der Waals surface area (Å²) in [5.74, 6) is -0.828. The molecule has 1 heterocycles. The number of halogens is 1. The number of carbonyl (C=O) groups is 2. The number of ether oxygens (including phenoxy) is 1. The third-order valence-electron chi connectivity index (χ3n) is 5.11. The van der Waals surface area contributed by atoms with Crippen LogP contribution in [0.25, 0.3) is 0 Å². The van der Waals surface area contributed by atoms with Gasteiger partial charge in [-0.2, -0.15) is 0 Å². The Bertz CT molecular complexity index is 851. The number of dihydropyridines is 1. The topological polar surface area (TPSA) is 55.4 Å². The Kier molecular flexibility index (Phi) is 5.48. The second-order valence-corrected chi connectivity index (χ2v) is 8.49. The minimum atomic E-state index is -0.497. The number of rotatable bonds is 4. The lowest BCUT2D eigenvalue weighted by atomic mass is 9.68. The van der Waals surface area contributed by atoms with Gasteiger partial charge in [-0.3, -0.25) is 4.79 Å². The van der Waals surface area contributed by atoms with Crippen LogP contribution in [0.4, 0.5) is 0 Å². The lowest BCUT2D eigenvalue weighted by Crippen LogP contribution is -2.38. The summed E-state index contributed by atoms with van der Waals surface area (Å²) in [6.45, 7) is 8.34. The van der Waals surface area contributed by atoms with Gasteiger partial charge in [-0.25, -0.2) is 4.79 Å². The van der Waals surface area contributed by atoms with Crippen molar-refractivity contribution in [1.82, 2.24) is 5.32 Å². The van der Waals surface area contributed by atoms with Gasteiger partial charge in [0.15, 0.2) is 5.78 Å². The van der Waals surface area contributed by atoms with Gasteiger partial charge in [0.2, 0.25) is 0 Å². The minimum Gasteiger partial charge on any atom is -0.462 e. The zero-order valence-electron chi connectivity index (χ0n) is 16.3. The van der Waals surface area contributed by atoms with Crippen molar-refractivity contribution in [2.45, 2.75) is 52.9 Å². The molecule has 0 aromatic heterocycles. The summed E-state index contributed by atoms with van der Waals surface area (Å²) in [5.41, 5.74) is 3.40. The summed E-state index contributed by atoms with van der Waals surface area (Å²) < 4.78 is 5.43. The van der Waals surface area contributed by atoms with Gasteiger partial charge >= 0.3 is 5.97 Å². The lowest BCUT2D eigenvalue weighted by molar-refractivity contribution is -0.139. The van der Waals surface area contributed by atoms with Crippen molar-refractivity contribution in [3.63, 3.8) is 0 Å². The molecule has 1 N–H and O–H groups in total. The van der Waals surface area contributed by atoms with Crippen LogP contribution >= 0.6 is 11.6 Å². The van der Waals surface area contributed by atoms with E-state index in [0.29, 0.717) is 29.2 Å². The molecule has 0 saturated carbocycles. The molecule has 1 aromatic rings. The van der Waals surface area contributed by atoms with E-state index in [-0.39, 0.29) is 11.2 Å². The van der Waals surface area contributed by atoms with Crippen molar-refractivity contribution >= 4 is 23.4 Å². The minimum absolute atomic E-state index is 0.0620. The molecule has 1 atom stereocenters. The van der Waals surface area contributed by atoms with E-state index in [1.807, 2.05) is 32.0 Å². The zero-order valence-corrected chi connectivity index (χ0v) is 17.1. The number of esters is 1. The molecule has 0 bridgehead atoms. The molecule has 5 heteroatoms. The van der Waals surface area contributed by atoms with Crippen LogP contribution in [0, 0.1) is 5.41 Å². The van der Waals surface area contributed by atoms with Gasteiger partial charge < -0.3 is 10.1 Å². The highest BCUT2D eigenvalue weighted by Gasteiger charge is 2.43. The SMILES string of the molecule is CCCOC(=O)C1=C(C)NC2=C(C(=O)CC(C)(C)C2)[C@@H]1c1ccccc1Cl. The molecule has 4 nitrogen and oxygen atoms in total. The molecule has 0 unspecified atom stereocenters. The fourth-order valence-corrected chi connectivity index (χ4v) is 4.24. The standard InChI is InChI=1S/C22H26ClNO3/c1-5-10-27-21(26)18-13(2)24-16-11-22(3,4)12-17(25)20(16)19(18)14-8-6-7-9-15(14)23/h6-9,19,24H,5,10-12H2,1-4H3/t19-/m1/s1. The third-order valence-corrected chi connectivity index (χ3v) is 5.46. The van der Waals surface area contributed by atoms with Gasteiger partial charge in [-0.05, 0) is 36.8 Å². The van der Waals surface area contributed by atoms with Crippen molar-refractivity contribution in [3.05, 3.63) is 57.4 Å². The number of carbonyl (C=O) groups excluding carboxylic acids is 2. The number of nitrogens with one attached hydrogen (secondary N) is 1. The first kappa shape index (κ1) is 19.7. The van der Waals surface area contributed by atoms with Crippen molar-refractivity contribution in [2.75, 3.05) is 6.61 Å². The number of hydrogen-bond acceptors (Lipinski definition) is 4. The van der Waals surface area contributed by atoms with E-state index in [1.54, 1.807) is 6.07 Å². The van der Waals surface area contributed by atoms with E-state index in [1.165, 1.54) is 0 Å². The van der Waals surface area contributed by atoms with Crippen molar-refractivity contribution in [2.24, 2.45) is 5.41 Å². The van der Waals surface area contributed by atoms with Gasteiger partial charge in [0.25, 0.3) is 0 Å². The Balaban J connectivity index is 2.16. The van der Waals surface area contributed by atoms with Crippen LogP contribution in [0.5, 0.6) is 0 Å². The second kappa shape index (κ2) is 7.51. The van der Waals surface area contributed by atoms with E-state index in [4.69, 9.17) is 16.3 Å². The Morgan fingerprint density at radius 2 is 2.00 bits per heavy atom. The second-order valence-electron chi connectivity index (χ2n) is 8.09. The number of ketones is 1. The molecule has 144 valence electrons. The fourth-order valence-electron chi connectivity index (χ4n) is 4.00.